The number of anilines is 1. The van der Waals surface area contributed by atoms with Gasteiger partial charge in [-0.3, -0.25) is 4.79 Å². The number of rotatable bonds is 7. The first-order valence-corrected chi connectivity index (χ1v) is 7.05. The second kappa shape index (κ2) is 7.94. The SMILES string of the molecule is Cc1ccc(C=CC(=O)NCCCNc2ccccc2)o1. The number of benzene rings is 1. The Hall–Kier alpha value is -2.49. The summed E-state index contributed by atoms with van der Waals surface area (Å²) < 4.78 is 5.35. The second-order valence-corrected chi connectivity index (χ2v) is 4.72. The van der Waals surface area contributed by atoms with Crippen LogP contribution in [-0.2, 0) is 4.79 Å². The Morgan fingerprint density at radius 1 is 1.14 bits per heavy atom. The van der Waals surface area contributed by atoms with Gasteiger partial charge in [-0.1, -0.05) is 18.2 Å². The highest BCUT2D eigenvalue weighted by Crippen LogP contribution is 2.07. The van der Waals surface area contributed by atoms with Crippen LogP contribution in [0.15, 0.2) is 53.0 Å². The maximum Gasteiger partial charge on any atom is 0.244 e. The molecule has 0 spiro atoms. The number of hydrogen-bond acceptors (Lipinski definition) is 3. The summed E-state index contributed by atoms with van der Waals surface area (Å²) in [5.74, 6) is 1.42. The maximum atomic E-state index is 11.6. The molecule has 2 rings (SSSR count). The number of carbonyl (C=O) groups is 1. The fourth-order valence-corrected chi connectivity index (χ4v) is 1.85. The van der Waals surface area contributed by atoms with Gasteiger partial charge in [-0.15, -0.1) is 0 Å². The van der Waals surface area contributed by atoms with Gasteiger partial charge in [0, 0.05) is 24.9 Å². The Balaban J connectivity index is 1.60. The van der Waals surface area contributed by atoms with Crippen LogP contribution < -0.4 is 10.6 Å². The molecule has 110 valence electrons. The van der Waals surface area contributed by atoms with Crippen LogP contribution in [-0.4, -0.2) is 19.0 Å². The number of nitrogens with one attached hydrogen (secondary N) is 2. The van der Waals surface area contributed by atoms with Crippen molar-refractivity contribution in [2.24, 2.45) is 0 Å². The molecule has 1 heterocycles. The van der Waals surface area contributed by atoms with E-state index < -0.39 is 0 Å². The first-order valence-electron chi connectivity index (χ1n) is 7.05. The van der Waals surface area contributed by atoms with E-state index in [1.807, 2.05) is 49.4 Å². The molecule has 0 aliphatic heterocycles. The van der Waals surface area contributed by atoms with Gasteiger partial charge in [0.15, 0.2) is 0 Å². The largest absolute Gasteiger partial charge is 0.462 e. The van der Waals surface area contributed by atoms with Gasteiger partial charge in [-0.2, -0.15) is 0 Å². The van der Waals surface area contributed by atoms with Crippen molar-refractivity contribution in [3.8, 4) is 0 Å². The lowest BCUT2D eigenvalue weighted by Crippen LogP contribution is -2.23. The van der Waals surface area contributed by atoms with E-state index in [0.29, 0.717) is 12.3 Å². The molecule has 0 saturated carbocycles. The van der Waals surface area contributed by atoms with Gasteiger partial charge >= 0.3 is 0 Å². The molecule has 1 amide bonds. The molecular weight excluding hydrogens is 264 g/mol. The average Bonchev–Trinajstić information content (AvgIpc) is 2.91. The summed E-state index contributed by atoms with van der Waals surface area (Å²) in [6, 6.07) is 13.7. The molecule has 0 radical (unpaired) electrons. The Morgan fingerprint density at radius 3 is 2.67 bits per heavy atom. The zero-order valence-electron chi connectivity index (χ0n) is 12.1. The lowest BCUT2D eigenvalue weighted by Gasteiger charge is -2.06. The summed E-state index contributed by atoms with van der Waals surface area (Å²) in [6.45, 7) is 3.34. The highest BCUT2D eigenvalue weighted by molar-refractivity contribution is 5.91. The van der Waals surface area contributed by atoms with E-state index in [9.17, 15) is 4.79 Å². The van der Waals surface area contributed by atoms with Crippen LogP contribution in [0.4, 0.5) is 5.69 Å². The van der Waals surface area contributed by atoms with Gasteiger partial charge in [-0.05, 0) is 43.7 Å². The van der Waals surface area contributed by atoms with Crippen molar-refractivity contribution in [1.82, 2.24) is 5.32 Å². The van der Waals surface area contributed by atoms with Gasteiger partial charge in [-0.25, -0.2) is 0 Å². The number of amides is 1. The van der Waals surface area contributed by atoms with E-state index in [2.05, 4.69) is 10.6 Å². The molecule has 1 aromatic carbocycles. The summed E-state index contributed by atoms with van der Waals surface area (Å²) >= 11 is 0. The Labute approximate surface area is 124 Å². The van der Waals surface area contributed by atoms with Crippen LogP contribution >= 0.6 is 0 Å². The van der Waals surface area contributed by atoms with E-state index in [1.165, 1.54) is 6.08 Å². The lowest BCUT2D eigenvalue weighted by atomic mass is 10.3. The predicted molar refractivity (Wildman–Crippen MR) is 85.0 cm³/mol. The Morgan fingerprint density at radius 2 is 1.95 bits per heavy atom. The standard InChI is InChI=1S/C17H20N2O2/c1-14-8-9-16(21-14)10-11-17(20)19-13-5-12-18-15-6-3-2-4-7-15/h2-4,6-11,18H,5,12-13H2,1H3,(H,19,20). The van der Waals surface area contributed by atoms with E-state index >= 15 is 0 Å². The Bertz CT molecular complexity index is 588. The molecule has 0 aliphatic rings. The van der Waals surface area contributed by atoms with Crippen molar-refractivity contribution in [2.75, 3.05) is 18.4 Å². The van der Waals surface area contributed by atoms with Crippen molar-refractivity contribution in [2.45, 2.75) is 13.3 Å². The topological polar surface area (TPSA) is 54.3 Å². The normalized spacial score (nSPS) is 10.7. The van der Waals surface area contributed by atoms with Gasteiger partial charge in [0.25, 0.3) is 0 Å². The fourth-order valence-electron chi connectivity index (χ4n) is 1.85. The molecule has 0 fully saturated rings. The summed E-state index contributed by atoms with van der Waals surface area (Å²) in [5.41, 5.74) is 1.09. The molecule has 2 aromatic rings. The van der Waals surface area contributed by atoms with Gasteiger partial charge in [0.05, 0.1) is 0 Å². The van der Waals surface area contributed by atoms with Crippen LogP contribution in [0.2, 0.25) is 0 Å². The van der Waals surface area contributed by atoms with E-state index in [4.69, 9.17) is 4.42 Å². The molecule has 4 heteroatoms. The van der Waals surface area contributed by atoms with Crippen molar-refractivity contribution in [3.63, 3.8) is 0 Å². The number of para-hydroxylation sites is 1. The minimum atomic E-state index is -0.108. The molecule has 0 atom stereocenters. The highest BCUT2D eigenvalue weighted by atomic mass is 16.3. The molecule has 21 heavy (non-hydrogen) atoms. The molecular formula is C17H20N2O2. The van der Waals surface area contributed by atoms with Crippen LogP contribution in [0.1, 0.15) is 17.9 Å². The quantitative estimate of drug-likeness (QED) is 0.606. The molecule has 0 bridgehead atoms. The van der Waals surface area contributed by atoms with Crippen LogP contribution in [0.25, 0.3) is 6.08 Å². The monoisotopic (exact) mass is 284 g/mol. The van der Waals surface area contributed by atoms with Crippen LogP contribution in [0, 0.1) is 6.92 Å². The van der Waals surface area contributed by atoms with Crippen molar-refractivity contribution in [1.29, 1.82) is 0 Å². The second-order valence-electron chi connectivity index (χ2n) is 4.72. The molecule has 2 N–H and O–H groups in total. The van der Waals surface area contributed by atoms with Crippen molar-refractivity contribution < 1.29 is 9.21 Å². The molecule has 1 aromatic heterocycles. The van der Waals surface area contributed by atoms with Gasteiger partial charge < -0.3 is 15.1 Å². The van der Waals surface area contributed by atoms with Crippen LogP contribution in [0.5, 0.6) is 0 Å². The Kier molecular flexibility index (Phi) is 5.64. The number of aryl methyl sites for hydroxylation is 1. The highest BCUT2D eigenvalue weighted by Gasteiger charge is 1.97. The predicted octanol–water partition coefficient (Wildman–Crippen LogP) is 3.22. The fraction of sp³-hybridized carbons (Fsp3) is 0.235. The summed E-state index contributed by atoms with van der Waals surface area (Å²) in [6.07, 6.45) is 4.03. The third kappa shape index (κ3) is 5.57. The summed E-state index contributed by atoms with van der Waals surface area (Å²) in [4.78, 5) is 11.6. The maximum absolute atomic E-state index is 11.6. The van der Waals surface area contributed by atoms with Crippen molar-refractivity contribution in [3.05, 3.63) is 60.1 Å². The molecule has 4 nitrogen and oxygen atoms in total. The first kappa shape index (κ1) is 14.9. The van der Waals surface area contributed by atoms with Gasteiger partial charge in [0.2, 0.25) is 5.91 Å². The number of hydrogen-bond donors (Lipinski definition) is 2. The molecule has 0 aliphatic carbocycles. The summed E-state index contributed by atoms with van der Waals surface area (Å²) in [7, 11) is 0. The van der Waals surface area contributed by atoms with E-state index in [0.717, 1.165) is 24.4 Å². The van der Waals surface area contributed by atoms with Crippen molar-refractivity contribution >= 4 is 17.7 Å². The number of furan rings is 1. The third-order valence-corrected chi connectivity index (χ3v) is 2.92. The van der Waals surface area contributed by atoms with Crippen LogP contribution in [0.3, 0.4) is 0 Å². The minimum Gasteiger partial charge on any atom is -0.462 e. The first-order chi connectivity index (χ1) is 10.2. The average molecular weight is 284 g/mol. The molecule has 0 unspecified atom stereocenters. The molecule has 0 saturated heterocycles. The van der Waals surface area contributed by atoms with E-state index in [-0.39, 0.29) is 5.91 Å². The smallest absolute Gasteiger partial charge is 0.244 e. The third-order valence-electron chi connectivity index (χ3n) is 2.92. The number of carbonyl (C=O) groups excluding carboxylic acids is 1. The zero-order valence-corrected chi connectivity index (χ0v) is 12.1. The zero-order chi connectivity index (χ0) is 14.9. The minimum absolute atomic E-state index is 0.108. The van der Waals surface area contributed by atoms with E-state index in [1.54, 1.807) is 6.08 Å². The summed E-state index contributed by atoms with van der Waals surface area (Å²) in [5, 5.41) is 6.13. The van der Waals surface area contributed by atoms with Gasteiger partial charge in [0.1, 0.15) is 11.5 Å². The lowest BCUT2D eigenvalue weighted by molar-refractivity contribution is -0.116.